The molecule has 4 rings (SSSR count). The molecular weight excluding hydrogens is 384 g/mol. The first-order chi connectivity index (χ1) is 14.1. The second-order valence-corrected chi connectivity index (χ2v) is 7.79. The zero-order chi connectivity index (χ0) is 20.4. The molecule has 0 unspecified atom stereocenters. The van der Waals surface area contributed by atoms with Gasteiger partial charge in [0.15, 0.2) is 0 Å². The highest BCUT2D eigenvalue weighted by atomic mass is 32.1. The third kappa shape index (κ3) is 3.76. The fraction of sp³-hybridized carbons (Fsp3) is 0.217. The van der Waals surface area contributed by atoms with Gasteiger partial charge in [-0.3, -0.25) is 4.79 Å². The Morgan fingerprint density at radius 1 is 1.03 bits per heavy atom. The summed E-state index contributed by atoms with van der Waals surface area (Å²) in [5.74, 6) is 2.23. The molecular formula is C23H22N2O3S. The zero-order valence-corrected chi connectivity index (χ0v) is 17.4. The van der Waals surface area contributed by atoms with E-state index in [2.05, 4.69) is 11.9 Å². The number of H-pyrrole nitrogens is 1. The molecule has 0 fully saturated rings. The second kappa shape index (κ2) is 8.09. The van der Waals surface area contributed by atoms with Crippen LogP contribution in [0.3, 0.4) is 0 Å². The first-order valence-corrected chi connectivity index (χ1v) is 10.3. The van der Waals surface area contributed by atoms with Gasteiger partial charge in [0.05, 0.1) is 19.6 Å². The fourth-order valence-corrected chi connectivity index (χ4v) is 4.60. The van der Waals surface area contributed by atoms with Gasteiger partial charge in [-0.15, -0.1) is 11.3 Å². The number of aryl methyl sites for hydroxylation is 1. The van der Waals surface area contributed by atoms with E-state index >= 15 is 0 Å². The lowest BCUT2D eigenvalue weighted by Gasteiger charge is -2.06. The van der Waals surface area contributed by atoms with Crippen molar-refractivity contribution in [1.82, 2.24) is 9.97 Å². The highest BCUT2D eigenvalue weighted by Gasteiger charge is 2.18. The van der Waals surface area contributed by atoms with Crippen molar-refractivity contribution in [2.24, 2.45) is 0 Å². The van der Waals surface area contributed by atoms with Crippen molar-refractivity contribution in [3.8, 4) is 22.6 Å². The average Bonchev–Trinajstić information content (AvgIpc) is 3.13. The molecule has 2 aromatic carbocycles. The molecule has 0 spiro atoms. The van der Waals surface area contributed by atoms with Crippen molar-refractivity contribution in [3.63, 3.8) is 0 Å². The molecule has 0 saturated heterocycles. The van der Waals surface area contributed by atoms with Gasteiger partial charge in [0.25, 0.3) is 5.56 Å². The normalized spacial score (nSPS) is 11.0. The Balaban J connectivity index is 1.79. The summed E-state index contributed by atoms with van der Waals surface area (Å²) in [6, 6.07) is 15.6. The van der Waals surface area contributed by atoms with Crippen LogP contribution in [0.15, 0.2) is 53.3 Å². The third-order valence-electron chi connectivity index (χ3n) is 4.89. The molecule has 2 heterocycles. The van der Waals surface area contributed by atoms with Crippen LogP contribution in [0.2, 0.25) is 0 Å². The smallest absolute Gasteiger partial charge is 0.260 e. The Labute approximate surface area is 173 Å². The number of hydrogen-bond acceptors (Lipinski definition) is 5. The lowest BCUT2D eigenvalue weighted by Crippen LogP contribution is -2.11. The topological polar surface area (TPSA) is 64.2 Å². The van der Waals surface area contributed by atoms with Gasteiger partial charge in [-0.1, -0.05) is 31.2 Å². The van der Waals surface area contributed by atoms with Crippen LogP contribution >= 0.6 is 11.3 Å². The van der Waals surface area contributed by atoms with Crippen molar-refractivity contribution >= 4 is 21.6 Å². The molecule has 1 N–H and O–H groups in total. The number of thiophene rings is 1. The van der Waals surface area contributed by atoms with E-state index in [1.165, 1.54) is 0 Å². The minimum Gasteiger partial charge on any atom is -0.497 e. The molecule has 0 aliphatic heterocycles. The Hall–Kier alpha value is -3.12. The zero-order valence-electron chi connectivity index (χ0n) is 16.6. The number of hydrogen-bond donors (Lipinski definition) is 1. The molecule has 29 heavy (non-hydrogen) atoms. The number of benzene rings is 2. The molecule has 0 aliphatic carbocycles. The molecule has 4 aromatic rings. The number of aromatic nitrogens is 2. The number of nitrogens with one attached hydrogen (secondary N) is 1. The molecule has 148 valence electrons. The van der Waals surface area contributed by atoms with Crippen LogP contribution in [0, 0.1) is 0 Å². The van der Waals surface area contributed by atoms with Gasteiger partial charge < -0.3 is 14.5 Å². The molecule has 0 bridgehead atoms. The van der Waals surface area contributed by atoms with Crippen LogP contribution < -0.4 is 15.0 Å². The summed E-state index contributed by atoms with van der Waals surface area (Å²) >= 11 is 1.59. The monoisotopic (exact) mass is 406 g/mol. The second-order valence-electron chi connectivity index (χ2n) is 6.70. The summed E-state index contributed by atoms with van der Waals surface area (Å²) < 4.78 is 10.6. The lowest BCUT2D eigenvalue weighted by atomic mass is 10.0. The van der Waals surface area contributed by atoms with Crippen LogP contribution in [0.5, 0.6) is 11.5 Å². The third-order valence-corrected chi connectivity index (χ3v) is 6.12. The van der Waals surface area contributed by atoms with E-state index in [0.717, 1.165) is 44.3 Å². The first kappa shape index (κ1) is 19.2. The molecule has 0 aliphatic rings. The standard InChI is InChI=1S/C23H22N2O3S/c1-4-18-20(15-6-5-7-17(13-15)28-3)21-22(26)24-19(25-23(21)29-18)12-14-8-10-16(27-2)11-9-14/h5-11,13H,4,12H2,1-3H3,(H,24,25,26). The number of ether oxygens (including phenoxy) is 2. The van der Waals surface area contributed by atoms with E-state index in [-0.39, 0.29) is 5.56 Å². The Kier molecular flexibility index (Phi) is 5.36. The van der Waals surface area contributed by atoms with E-state index in [9.17, 15) is 4.79 Å². The van der Waals surface area contributed by atoms with Crippen molar-refractivity contribution < 1.29 is 9.47 Å². The SMILES string of the molecule is CCc1sc2nc(Cc3ccc(OC)cc3)[nH]c(=O)c2c1-c1cccc(OC)c1. The van der Waals surface area contributed by atoms with Gasteiger partial charge in [0.2, 0.25) is 0 Å². The van der Waals surface area contributed by atoms with Crippen molar-refractivity contribution in [3.05, 3.63) is 75.1 Å². The quantitative estimate of drug-likeness (QED) is 0.498. The van der Waals surface area contributed by atoms with Gasteiger partial charge in [-0.25, -0.2) is 4.98 Å². The Morgan fingerprint density at radius 2 is 1.79 bits per heavy atom. The number of methoxy groups -OCH3 is 2. The van der Waals surface area contributed by atoms with Gasteiger partial charge >= 0.3 is 0 Å². The van der Waals surface area contributed by atoms with E-state index in [1.807, 2.05) is 48.5 Å². The number of rotatable bonds is 6. The summed E-state index contributed by atoms with van der Waals surface area (Å²) in [6.45, 7) is 2.10. The van der Waals surface area contributed by atoms with Crippen LogP contribution in [-0.4, -0.2) is 24.2 Å². The summed E-state index contributed by atoms with van der Waals surface area (Å²) in [4.78, 5) is 22.7. The highest BCUT2D eigenvalue weighted by molar-refractivity contribution is 7.19. The largest absolute Gasteiger partial charge is 0.497 e. The highest BCUT2D eigenvalue weighted by Crippen LogP contribution is 2.37. The molecule has 5 nitrogen and oxygen atoms in total. The van der Waals surface area contributed by atoms with Gasteiger partial charge in [-0.05, 0) is 41.8 Å². The molecule has 0 amide bonds. The lowest BCUT2D eigenvalue weighted by molar-refractivity contribution is 0.414. The van der Waals surface area contributed by atoms with Gasteiger partial charge in [-0.2, -0.15) is 0 Å². The first-order valence-electron chi connectivity index (χ1n) is 9.44. The summed E-state index contributed by atoms with van der Waals surface area (Å²) in [5, 5.41) is 0.651. The van der Waals surface area contributed by atoms with Crippen LogP contribution in [0.25, 0.3) is 21.3 Å². The van der Waals surface area contributed by atoms with E-state index in [1.54, 1.807) is 25.6 Å². The minimum atomic E-state index is -0.104. The van der Waals surface area contributed by atoms with Crippen molar-refractivity contribution in [2.75, 3.05) is 14.2 Å². The Morgan fingerprint density at radius 3 is 2.48 bits per heavy atom. The van der Waals surface area contributed by atoms with Crippen LogP contribution in [0.4, 0.5) is 0 Å². The molecule has 6 heteroatoms. The minimum absolute atomic E-state index is 0.104. The fourth-order valence-electron chi connectivity index (χ4n) is 3.45. The molecule has 0 saturated carbocycles. The van der Waals surface area contributed by atoms with Crippen LogP contribution in [0.1, 0.15) is 23.2 Å². The van der Waals surface area contributed by atoms with Gasteiger partial charge in [0.1, 0.15) is 22.2 Å². The predicted molar refractivity (Wildman–Crippen MR) is 117 cm³/mol. The number of aromatic amines is 1. The summed E-state index contributed by atoms with van der Waals surface area (Å²) in [5.41, 5.74) is 2.89. The molecule has 0 radical (unpaired) electrons. The van der Waals surface area contributed by atoms with Gasteiger partial charge in [0, 0.05) is 16.9 Å². The summed E-state index contributed by atoms with van der Waals surface area (Å²) in [7, 11) is 3.29. The average molecular weight is 407 g/mol. The maximum atomic E-state index is 13.0. The molecule has 0 atom stereocenters. The van der Waals surface area contributed by atoms with Crippen molar-refractivity contribution in [2.45, 2.75) is 19.8 Å². The predicted octanol–water partition coefficient (Wildman–Crippen LogP) is 4.82. The maximum Gasteiger partial charge on any atom is 0.260 e. The number of fused-ring (bicyclic) bond motifs is 1. The maximum absolute atomic E-state index is 13.0. The van der Waals surface area contributed by atoms with E-state index in [4.69, 9.17) is 14.5 Å². The summed E-state index contributed by atoms with van der Waals surface area (Å²) in [6.07, 6.45) is 1.39. The molecule has 2 aromatic heterocycles. The van der Waals surface area contributed by atoms with Crippen molar-refractivity contribution in [1.29, 1.82) is 0 Å². The van der Waals surface area contributed by atoms with E-state index in [0.29, 0.717) is 17.6 Å². The number of nitrogens with zero attached hydrogens (tertiary/aromatic N) is 1. The van der Waals surface area contributed by atoms with Crippen LogP contribution in [-0.2, 0) is 12.8 Å². The van der Waals surface area contributed by atoms with E-state index < -0.39 is 0 Å². The Bertz CT molecular complexity index is 1210.